The number of fused-ring (bicyclic) bond motifs is 1. The second kappa shape index (κ2) is 4.46. The van der Waals surface area contributed by atoms with Gasteiger partial charge in [0.2, 0.25) is 0 Å². The van der Waals surface area contributed by atoms with Crippen molar-refractivity contribution in [2.24, 2.45) is 0 Å². The van der Waals surface area contributed by atoms with Gasteiger partial charge in [0.25, 0.3) is 0 Å². The molecule has 0 radical (unpaired) electrons. The van der Waals surface area contributed by atoms with Crippen molar-refractivity contribution in [3.8, 4) is 11.1 Å². The number of hydrogen-bond donors (Lipinski definition) is 0. The Morgan fingerprint density at radius 2 is 1.67 bits per heavy atom. The summed E-state index contributed by atoms with van der Waals surface area (Å²) in [6.45, 7) is 3.77. The van der Waals surface area contributed by atoms with Crippen LogP contribution in [0.4, 0.5) is 0 Å². The molecular weight excluding hydrogens is 218 g/mol. The van der Waals surface area contributed by atoms with E-state index in [1.54, 1.807) is 0 Å². The smallest absolute Gasteiger partial charge is 0.0780 e. The minimum absolute atomic E-state index is 1.05. The van der Waals surface area contributed by atoms with Crippen LogP contribution in [0.3, 0.4) is 0 Å². The number of rotatable bonds is 2. The minimum Gasteiger partial charge on any atom is -0.256 e. The quantitative estimate of drug-likeness (QED) is 0.630. The van der Waals surface area contributed by atoms with Gasteiger partial charge in [-0.25, -0.2) is 0 Å². The minimum atomic E-state index is 1.05. The lowest BCUT2D eigenvalue weighted by molar-refractivity contribution is 1.41. The van der Waals surface area contributed by atoms with Crippen molar-refractivity contribution in [1.29, 1.82) is 0 Å². The Balaban J connectivity index is 2.21. The molecule has 0 aliphatic rings. The molecule has 0 amide bonds. The predicted octanol–water partition coefficient (Wildman–Crippen LogP) is 4.54. The van der Waals surface area contributed by atoms with Crippen LogP contribution in [0.5, 0.6) is 0 Å². The fraction of sp³-hybridized carbons (Fsp3) is 0. The van der Waals surface area contributed by atoms with Crippen LogP contribution < -0.4 is 0 Å². The number of hydrogen-bond acceptors (Lipinski definition) is 1. The van der Waals surface area contributed by atoms with Gasteiger partial charge in [-0.15, -0.1) is 0 Å². The highest BCUT2D eigenvalue weighted by Crippen LogP contribution is 2.27. The van der Waals surface area contributed by atoms with Crippen LogP contribution in [0, 0.1) is 0 Å². The Labute approximate surface area is 106 Å². The molecule has 0 spiro atoms. The van der Waals surface area contributed by atoms with Crippen LogP contribution in [0.1, 0.15) is 5.56 Å². The molecule has 1 heteroatoms. The summed E-state index contributed by atoms with van der Waals surface area (Å²) in [4.78, 5) is 4.48. The van der Waals surface area contributed by atoms with Gasteiger partial charge in [-0.3, -0.25) is 4.98 Å². The highest BCUT2D eigenvalue weighted by Gasteiger charge is 2.03. The molecule has 86 valence electrons. The standard InChI is InChI=1S/C17H13N/c1-2-13-8-10-14(11-9-13)16-7-3-5-15-6-4-12-18-17(15)16/h2-12H,1H2. The van der Waals surface area contributed by atoms with E-state index in [0.29, 0.717) is 0 Å². The molecule has 0 aliphatic heterocycles. The number of benzene rings is 2. The number of para-hydroxylation sites is 1. The molecule has 0 aliphatic carbocycles. The molecule has 0 saturated carbocycles. The molecule has 0 fully saturated rings. The maximum absolute atomic E-state index is 4.48. The van der Waals surface area contributed by atoms with Gasteiger partial charge in [0, 0.05) is 17.1 Å². The zero-order chi connectivity index (χ0) is 12.4. The van der Waals surface area contributed by atoms with Gasteiger partial charge < -0.3 is 0 Å². The maximum atomic E-state index is 4.48. The van der Waals surface area contributed by atoms with E-state index in [4.69, 9.17) is 0 Å². The van der Waals surface area contributed by atoms with Gasteiger partial charge >= 0.3 is 0 Å². The van der Waals surface area contributed by atoms with E-state index >= 15 is 0 Å². The lowest BCUT2D eigenvalue weighted by Gasteiger charge is -2.06. The molecule has 0 saturated heterocycles. The molecule has 1 nitrogen and oxygen atoms in total. The molecule has 1 heterocycles. The van der Waals surface area contributed by atoms with E-state index in [-0.39, 0.29) is 0 Å². The first kappa shape index (κ1) is 10.7. The summed E-state index contributed by atoms with van der Waals surface area (Å²) in [5, 5.41) is 1.17. The largest absolute Gasteiger partial charge is 0.256 e. The number of nitrogens with zero attached hydrogens (tertiary/aromatic N) is 1. The van der Waals surface area contributed by atoms with Gasteiger partial charge in [0.1, 0.15) is 0 Å². The summed E-state index contributed by atoms with van der Waals surface area (Å²) in [5.41, 5.74) is 4.53. The summed E-state index contributed by atoms with van der Waals surface area (Å²) < 4.78 is 0. The summed E-state index contributed by atoms with van der Waals surface area (Å²) >= 11 is 0. The summed E-state index contributed by atoms with van der Waals surface area (Å²) in [6.07, 6.45) is 3.69. The second-order valence-corrected chi connectivity index (χ2v) is 4.21. The van der Waals surface area contributed by atoms with Crippen LogP contribution in [0.15, 0.2) is 67.4 Å². The molecule has 2 aromatic carbocycles. The molecule has 3 aromatic rings. The Bertz CT molecular complexity index is 691. The maximum Gasteiger partial charge on any atom is 0.0780 e. The van der Waals surface area contributed by atoms with E-state index in [9.17, 15) is 0 Å². The van der Waals surface area contributed by atoms with Crippen molar-refractivity contribution >= 4 is 17.0 Å². The van der Waals surface area contributed by atoms with E-state index < -0.39 is 0 Å². The monoisotopic (exact) mass is 231 g/mol. The molecular formula is C17H13N. The third-order valence-corrected chi connectivity index (χ3v) is 3.09. The van der Waals surface area contributed by atoms with E-state index in [1.807, 2.05) is 18.3 Å². The van der Waals surface area contributed by atoms with E-state index in [2.05, 4.69) is 60.1 Å². The third kappa shape index (κ3) is 1.80. The van der Waals surface area contributed by atoms with E-state index in [0.717, 1.165) is 11.1 Å². The third-order valence-electron chi connectivity index (χ3n) is 3.09. The van der Waals surface area contributed by atoms with Crippen LogP contribution in [0.25, 0.3) is 28.1 Å². The Hall–Kier alpha value is -2.41. The van der Waals surface area contributed by atoms with Crippen molar-refractivity contribution in [2.45, 2.75) is 0 Å². The fourth-order valence-corrected chi connectivity index (χ4v) is 2.14. The number of aromatic nitrogens is 1. The van der Waals surface area contributed by atoms with Crippen molar-refractivity contribution in [3.63, 3.8) is 0 Å². The average molecular weight is 231 g/mol. The van der Waals surface area contributed by atoms with Crippen LogP contribution in [0.2, 0.25) is 0 Å². The Morgan fingerprint density at radius 1 is 0.889 bits per heavy atom. The van der Waals surface area contributed by atoms with Gasteiger partial charge in [0.05, 0.1) is 5.52 Å². The first-order chi connectivity index (χ1) is 8.88. The topological polar surface area (TPSA) is 12.9 Å². The average Bonchev–Trinajstić information content (AvgIpc) is 2.47. The summed E-state index contributed by atoms with van der Waals surface area (Å²) in [6, 6.07) is 18.7. The summed E-state index contributed by atoms with van der Waals surface area (Å²) in [7, 11) is 0. The molecule has 0 bridgehead atoms. The Kier molecular flexibility index (Phi) is 2.66. The zero-order valence-electron chi connectivity index (χ0n) is 10.0. The lowest BCUT2D eigenvalue weighted by atomic mass is 10.0. The highest BCUT2D eigenvalue weighted by molar-refractivity contribution is 5.93. The highest BCUT2D eigenvalue weighted by atomic mass is 14.6. The molecule has 3 rings (SSSR count). The lowest BCUT2D eigenvalue weighted by Crippen LogP contribution is -1.84. The normalized spacial score (nSPS) is 10.4. The van der Waals surface area contributed by atoms with Gasteiger partial charge in [-0.2, -0.15) is 0 Å². The molecule has 0 unspecified atom stereocenters. The van der Waals surface area contributed by atoms with Gasteiger partial charge in [-0.05, 0) is 17.2 Å². The Morgan fingerprint density at radius 3 is 2.44 bits per heavy atom. The van der Waals surface area contributed by atoms with Gasteiger partial charge in [0.15, 0.2) is 0 Å². The first-order valence-electron chi connectivity index (χ1n) is 5.95. The summed E-state index contributed by atoms with van der Waals surface area (Å²) in [5.74, 6) is 0. The van der Waals surface area contributed by atoms with Crippen LogP contribution >= 0.6 is 0 Å². The molecule has 0 N–H and O–H groups in total. The fourth-order valence-electron chi connectivity index (χ4n) is 2.14. The second-order valence-electron chi connectivity index (χ2n) is 4.21. The van der Waals surface area contributed by atoms with Crippen molar-refractivity contribution in [2.75, 3.05) is 0 Å². The van der Waals surface area contributed by atoms with Crippen molar-refractivity contribution in [1.82, 2.24) is 4.98 Å². The van der Waals surface area contributed by atoms with Gasteiger partial charge in [-0.1, -0.05) is 61.2 Å². The molecule has 1 aromatic heterocycles. The molecule has 18 heavy (non-hydrogen) atoms. The van der Waals surface area contributed by atoms with Crippen LogP contribution in [-0.2, 0) is 0 Å². The predicted molar refractivity (Wildman–Crippen MR) is 77.3 cm³/mol. The zero-order valence-corrected chi connectivity index (χ0v) is 10.0. The molecule has 0 atom stereocenters. The SMILES string of the molecule is C=Cc1ccc(-c2cccc3cccnc23)cc1. The van der Waals surface area contributed by atoms with Crippen molar-refractivity contribution < 1.29 is 0 Å². The number of pyridine rings is 1. The van der Waals surface area contributed by atoms with Crippen molar-refractivity contribution in [3.05, 3.63) is 72.9 Å². The van der Waals surface area contributed by atoms with E-state index in [1.165, 1.54) is 16.5 Å². The van der Waals surface area contributed by atoms with Crippen LogP contribution in [-0.4, -0.2) is 4.98 Å². The first-order valence-corrected chi connectivity index (χ1v) is 5.95.